The normalized spacial score (nSPS) is 15.5. The Morgan fingerprint density at radius 2 is 1.48 bits per heavy atom. The molecule has 0 unspecified atom stereocenters. The van der Waals surface area contributed by atoms with E-state index in [-0.39, 0.29) is 11.9 Å². The number of carbonyl (C=O) groups excluding carboxylic acids is 1. The zero-order chi connectivity index (χ0) is 15.9. The maximum Gasteiger partial charge on any atom is 0.234 e. The van der Waals surface area contributed by atoms with Crippen molar-refractivity contribution in [2.45, 2.75) is 6.04 Å². The first-order valence-electron chi connectivity index (χ1n) is 8.02. The molecule has 0 bridgehead atoms. The van der Waals surface area contributed by atoms with Crippen molar-refractivity contribution in [3.63, 3.8) is 0 Å². The minimum atomic E-state index is -0.119. The molecule has 0 saturated carbocycles. The van der Waals surface area contributed by atoms with Crippen molar-refractivity contribution < 1.29 is 9.53 Å². The van der Waals surface area contributed by atoms with Gasteiger partial charge < -0.3 is 10.1 Å². The van der Waals surface area contributed by atoms with Crippen molar-refractivity contribution in [2.75, 3.05) is 32.8 Å². The highest BCUT2D eigenvalue weighted by atomic mass is 16.5. The molecule has 23 heavy (non-hydrogen) atoms. The minimum Gasteiger partial charge on any atom is -0.379 e. The molecule has 2 aromatic rings. The lowest BCUT2D eigenvalue weighted by Gasteiger charge is -2.27. The molecule has 1 aliphatic rings. The van der Waals surface area contributed by atoms with Gasteiger partial charge in [-0.15, -0.1) is 0 Å². The Kier molecular flexibility index (Phi) is 5.40. The lowest BCUT2D eigenvalue weighted by molar-refractivity contribution is -0.123. The number of amides is 1. The third kappa shape index (κ3) is 4.41. The quantitative estimate of drug-likeness (QED) is 0.921. The largest absolute Gasteiger partial charge is 0.379 e. The summed E-state index contributed by atoms with van der Waals surface area (Å²) in [6.07, 6.45) is 0. The summed E-state index contributed by atoms with van der Waals surface area (Å²) in [6, 6.07) is 20.0. The number of nitrogens with zero attached hydrogens (tertiary/aromatic N) is 1. The van der Waals surface area contributed by atoms with Gasteiger partial charge in [0, 0.05) is 13.1 Å². The molecule has 1 saturated heterocycles. The lowest BCUT2D eigenvalue weighted by atomic mass is 9.99. The van der Waals surface area contributed by atoms with Crippen LogP contribution in [0.4, 0.5) is 0 Å². The molecule has 2 aromatic carbocycles. The topological polar surface area (TPSA) is 41.6 Å². The van der Waals surface area contributed by atoms with Crippen molar-refractivity contribution in [2.24, 2.45) is 0 Å². The van der Waals surface area contributed by atoms with Crippen molar-refractivity contribution in [3.05, 3.63) is 71.8 Å². The Labute approximate surface area is 137 Å². The summed E-state index contributed by atoms with van der Waals surface area (Å²) in [5.41, 5.74) is 2.18. The number of rotatable bonds is 5. The Morgan fingerprint density at radius 1 is 0.957 bits per heavy atom. The molecular formula is C19H22N2O2. The van der Waals surface area contributed by atoms with Crippen LogP contribution in [0, 0.1) is 0 Å². The number of benzene rings is 2. The maximum atomic E-state index is 12.5. The van der Waals surface area contributed by atoms with Crippen LogP contribution in [0.1, 0.15) is 17.2 Å². The molecule has 1 amide bonds. The van der Waals surface area contributed by atoms with Gasteiger partial charge in [0.15, 0.2) is 0 Å². The van der Waals surface area contributed by atoms with E-state index >= 15 is 0 Å². The molecule has 120 valence electrons. The van der Waals surface area contributed by atoms with Crippen LogP contribution in [0.15, 0.2) is 60.7 Å². The SMILES string of the molecule is O=C(CN1CCOCC1)NC(c1ccccc1)c1ccccc1. The first-order valence-corrected chi connectivity index (χ1v) is 8.02. The standard InChI is InChI=1S/C19H22N2O2/c22-18(15-21-11-13-23-14-12-21)20-19(16-7-3-1-4-8-16)17-9-5-2-6-10-17/h1-10,19H,11-15H2,(H,20,22). The average Bonchev–Trinajstić information content (AvgIpc) is 2.62. The highest BCUT2D eigenvalue weighted by Gasteiger charge is 2.19. The zero-order valence-electron chi connectivity index (χ0n) is 13.2. The van der Waals surface area contributed by atoms with Gasteiger partial charge in [-0.25, -0.2) is 0 Å². The molecule has 0 radical (unpaired) electrons. The van der Waals surface area contributed by atoms with E-state index in [0.29, 0.717) is 19.8 Å². The Bertz CT molecular complexity index is 570. The van der Waals surface area contributed by atoms with Crippen LogP contribution >= 0.6 is 0 Å². The molecule has 3 rings (SSSR count). The second-order valence-corrected chi connectivity index (χ2v) is 5.71. The van der Waals surface area contributed by atoms with Gasteiger partial charge in [0.1, 0.15) is 0 Å². The van der Waals surface area contributed by atoms with E-state index in [4.69, 9.17) is 4.74 Å². The van der Waals surface area contributed by atoms with Gasteiger partial charge in [0.05, 0.1) is 25.8 Å². The predicted molar refractivity (Wildman–Crippen MR) is 90.1 cm³/mol. The van der Waals surface area contributed by atoms with Crippen molar-refractivity contribution in [1.82, 2.24) is 10.2 Å². The van der Waals surface area contributed by atoms with E-state index < -0.39 is 0 Å². The summed E-state index contributed by atoms with van der Waals surface area (Å²) in [6.45, 7) is 3.45. The minimum absolute atomic E-state index is 0.0459. The van der Waals surface area contributed by atoms with Crippen LogP contribution in [-0.2, 0) is 9.53 Å². The number of hydrogen-bond acceptors (Lipinski definition) is 3. The van der Waals surface area contributed by atoms with Crippen molar-refractivity contribution in [1.29, 1.82) is 0 Å². The molecule has 0 aliphatic carbocycles. The van der Waals surface area contributed by atoms with E-state index in [1.807, 2.05) is 60.7 Å². The predicted octanol–water partition coefficient (Wildman–Crippen LogP) is 2.22. The summed E-state index contributed by atoms with van der Waals surface area (Å²) < 4.78 is 5.33. The molecule has 0 aromatic heterocycles. The Morgan fingerprint density at radius 3 is 2.00 bits per heavy atom. The van der Waals surface area contributed by atoms with Crippen LogP contribution in [0.5, 0.6) is 0 Å². The second-order valence-electron chi connectivity index (χ2n) is 5.71. The molecule has 4 nitrogen and oxygen atoms in total. The lowest BCUT2D eigenvalue weighted by Crippen LogP contribution is -2.44. The van der Waals surface area contributed by atoms with E-state index in [1.165, 1.54) is 0 Å². The number of carbonyl (C=O) groups is 1. The number of morpholine rings is 1. The third-order valence-electron chi connectivity index (χ3n) is 4.04. The summed E-state index contributed by atoms with van der Waals surface area (Å²) in [5, 5.41) is 3.18. The number of nitrogens with one attached hydrogen (secondary N) is 1. The Balaban J connectivity index is 1.72. The molecule has 1 aliphatic heterocycles. The second kappa shape index (κ2) is 7.90. The monoisotopic (exact) mass is 310 g/mol. The van der Waals surface area contributed by atoms with E-state index in [2.05, 4.69) is 10.2 Å². The maximum absolute atomic E-state index is 12.5. The van der Waals surface area contributed by atoms with Gasteiger partial charge in [-0.2, -0.15) is 0 Å². The molecule has 1 heterocycles. The van der Waals surface area contributed by atoms with Gasteiger partial charge in [-0.1, -0.05) is 60.7 Å². The van der Waals surface area contributed by atoms with Crippen LogP contribution in [0.3, 0.4) is 0 Å². The molecule has 4 heteroatoms. The van der Waals surface area contributed by atoms with Crippen LogP contribution in [-0.4, -0.2) is 43.7 Å². The summed E-state index contributed by atoms with van der Waals surface area (Å²) >= 11 is 0. The molecule has 1 N–H and O–H groups in total. The van der Waals surface area contributed by atoms with Crippen molar-refractivity contribution >= 4 is 5.91 Å². The average molecular weight is 310 g/mol. The number of ether oxygens (including phenoxy) is 1. The molecular weight excluding hydrogens is 288 g/mol. The molecule has 0 atom stereocenters. The molecule has 0 spiro atoms. The first-order chi connectivity index (χ1) is 11.3. The van der Waals surface area contributed by atoms with Crippen LogP contribution in [0.25, 0.3) is 0 Å². The number of hydrogen-bond donors (Lipinski definition) is 1. The van der Waals surface area contributed by atoms with Gasteiger partial charge >= 0.3 is 0 Å². The fourth-order valence-corrected chi connectivity index (χ4v) is 2.82. The summed E-state index contributed by atoms with van der Waals surface area (Å²) in [4.78, 5) is 14.6. The zero-order valence-corrected chi connectivity index (χ0v) is 13.2. The van der Waals surface area contributed by atoms with Crippen LogP contribution < -0.4 is 5.32 Å². The van der Waals surface area contributed by atoms with Crippen LogP contribution in [0.2, 0.25) is 0 Å². The van der Waals surface area contributed by atoms with Crippen molar-refractivity contribution in [3.8, 4) is 0 Å². The smallest absolute Gasteiger partial charge is 0.234 e. The van der Waals surface area contributed by atoms with Gasteiger partial charge in [0.2, 0.25) is 5.91 Å². The summed E-state index contributed by atoms with van der Waals surface area (Å²) in [5.74, 6) is 0.0459. The Hall–Kier alpha value is -2.17. The first kappa shape index (κ1) is 15.7. The fourth-order valence-electron chi connectivity index (χ4n) is 2.82. The van der Waals surface area contributed by atoms with Gasteiger partial charge in [-0.05, 0) is 11.1 Å². The summed E-state index contributed by atoms with van der Waals surface area (Å²) in [7, 11) is 0. The van der Waals surface area contributed by atoms with E-state index in [9.17, 15) is 4.79 Å². The highest BCUT2D eigenvalue weighted by Crippen LogP contribution is 2.21. The highest BCUT2D eigenvalue weighted by molar-refractivity contribution is 5.79. The third-order valence-corrected chi connectivity index (χ3v) is 4.04. The van der Waals surface area contributed by atoms with Gasteiger partial charge in [0.25, 0.3) is 0 Å². The molecule has 1 fully saturated rings. The fraction of sp³-hybridized carbons (Fsp3) is 0.316. The van der Waals surface area contributed by atoms with Gasteiger partial charge in [-0.3, -0.25) is 9.69 Å². The van der Waals surface area contributed by atoms with E-state index in [1.54, 1.807) is 0 Å². The van der Waals surface area contributed by atoms with E-state index in [0.717, 1.165) is 24.2 Å².